The Morgan fingerprint density at radius 2 is 1.19 bits per heavy atom. The predicted octanol–water partition coefficient (Wildman–Crippen LogP) is 6.00. The summed E-state index contributed by atoms with van der Waals surface area (Å²) in [4.78, 5) is 2.35. The van der Waals surface area contributed by atoms with E-state index < -0.39 is 0 Å². The van der Waals surface area contributed by atoms with Crippen LogP contribution in [0.3, 0.4) is 0 Å². The van der Waals surface area contributed by atoms with Crippen LogP contribution in [-0.4, -0.2) is 19.9 Å². The largest absolute Gasteiger partial charge is 0.362 e. The second-order valence-corrected chi connectivity index (χ2v) is 6.45. The van der Waals surface area contributed by atoms with Gasteiger partial charge in [-0.05, 0) is 42.5 Å². The number of piperidine rings is 1. The van der Waals surface area contributed by atoms with Crippen LogP contribution in [0.2, 0.25) is 0 Å². The molecular formula is C24H27NO. The van der Waals surface area contributed by atoms with E-state index in [4.69, 9.17) is 4.74 Å². The highest BCUT2D eigenvalue weighted by atomic mass is 16.5. The molecule has 0 aromatic heterocycles. The number of rotatable bonds is 3. The molecule has 4 rings (SSSR count). The van der Waals surface area contributed by atoms with E-state index in [1.165, 1.54) is 29.7 Å². The van der Waals surface area contributed by atoms with Crippen molar-refractivity contribution in [2.45, 2.75) is 25.5 Å². The summed E-state index contributed by atoms with van der Waals surface area (Å²) < 4.78 is 5.48. The molecule has 134 valence electrons. The van der Waals surface area contributed by atoms with Crippen LogP contribution in [0.4, 0.5) is 5.69 Å². The van der Waals surface area contributed by atoms with Gasteiger partial charge >= 0.3 is 0 Å². The Labute approximate surface area is 157 Å². The van der Waals surface area contributed by atoms with Crippen molar-refractivity contribution >= 4 is 5.69 Å². The van der Waals surface area contributed by atoms with Gasteiger partial charge in [0.05, 0.1) is 0 Å². The molecule has 1 heterocycles. The van der Waals surface area contributed by atoms with Gasteiger partial charge < -0.3 is 9.64 Å². The molecule has 0 bridgehead atoms. The van der Waals surface area contributed by atoms with Gasteiger partial charge in [0.15, 0.2) is 0 Å². The molecular weight excluding hydrogens is 318 g/mol. The highest BCUT2D eigenvalue weighted by Gasteiger charge is 2.21. The average Bonchev–Trinajstić information content (AvgIpc) is 2.76. The van der Waals surface area contributed by atoms with E-state index in [0.29, 0.717) is 0 Å². The van der Waals surface area contributed by atoms with Gasteiger partial charge in [-0.2, -0.15) is 0 Å². The van der Waals surface area contributed by atoms with E-state index >= 15 is 0 Å². The maximum Gasteiger partial charge on any atom is 0.129 e. The van der Waals surface area contributed by atoms with E-state index in [0.717, 1.165) is 13.0 Å². The fourth-order valence-corrected chi connectivity index (χ4v) is 3.32. The lowest BCUT2D eigenvalue weighted by Crippen LogP contribution is -2.40. The van der Waals surface area contributed by atoms with Crippen LogP contribution in [0.25, 0.3) is 11.1 Å². The first-order valence-corrected chi connectivity index (χ1v) is 9.33. The van der Waals surface area contributed by atoms with Crippen molar-refractivity contribution in [1.82, 2.24) is 0 Å². The van der Waals surface area contributed by atoms with Crippen LogP contribution < -0.4 is 4.90 Å². The zero-order valence-corrected chi connectivity index (χ0v) is 15.4. The fraction of sp³-hybridized carbons (Fsp3) is 0.250. The Morgan fingerprint density at radius 3 is 1.69 bits per heavy atom. The van der Waals surface area contributed by atoms with Crippen LogP contribution in [0.5, 0.6) is 0 Å². The lowest BCUT2D eigenvalue weighted by molar-refractivity contribution is 0.0784. The molecule has 0 amide bonds. The Kier molecular flexibility index (Phi) is 6.86. The Bertz CT molecular complexity index is 705. The SMILES string of the molecule is COC1CCCCN1c1ccccc1.c1ccc(-c2ccccc2)cc1. The zero-order chi connectivity index (χ0) is 18.0. The third-order valence-electron chi connectivity index (χ3n) is 4.69. The van der Waals surface area contributed by atoms with E-state index in [1.54, 1.807) is 7.11 Å². The molecule has 1 aliphatic rings. The van der Waals surface area contributed by atoms with Crippen molar-refractivity contribution in [2.24, 2.45) is 0 Å². The van der Waals surface area contributed by atoms with Crippen molar-refractivity contribution in [3.63, 3.8) is 0 Å². The number of methoxy groups -OCH3 is 1. The fourth-order valence-electron chi connectivity index (χ4n) is 3.32. The van der Waals surface area contributed by atoms with Gasteiger partial charge in [0.1, 0.15) is 6.23 Å². The molecule has 2 heteroatoms. The maximum absolute atomic E-state index is 5.48. The lowest BCUT2D eigenvalue weighted by Gasteiger charge is -2.36. The van der Waals surface area contributed by atoms with Crippen LogP contribution in [0.15, 0.2) is 91.0 Å². The van der Waals surface area contributed by atoms with Crippen molar-refractivity contribution < 1.29 is 4.74 Å². The highest BCUT2D eigenvalue weighted by Crippen LogP contribution is 2.24. The number of anilines is 1. The number of hydrogen-bond donors (Lipinski definition) is 0. The van der Waals surface area contributed by atoms with E-state index in [9.17, 15) is 0 Å². The summed E-state index contributed by atoms with van der Waals surface area (Å²) in [6.45, 7) is 1.11. The van der Waals surface area contributed by atoms with Crippen molar-refractivity contribution in [3.05, 3.63) is 91.0 Å². The Balaban J connectivity index is 0.000000152. The van der Waals surface area contributed by atoms with Gasteiger partial charge in [0.2, 0.25) is 0 Å². The number of hydrogen-bond acceptors (Lipinski definition) is 2. The second kappa shape index (κ2) is 9.79. The summed E-state index contributed by atoms with van der Waals surface area (Å²) >= 11 is 0. The molecule has 1 atom stereocenters. The van der Waals surface area contributed by atoms with Crippen LogP contribution in [0, 0.1) is 0 Å². The molecule has 0 aliphatic carbocycles. The summed E-state index contributed by atoms with van der Waals surface area (Å²) in [5.41, 5.74) is 3.83. The smallest absolute Gasteiger partial charge is 0.129 e. The monoisotopic (exact) mass is 345 g/mol. The summed E-state index contributed by atoms with van der Waals surface area (Å²) in [5.74, 6) is 0. The third-order valence-corrected chi connectivity index (χ3v) is 4.69. The lowest BCUT2D eigenvalue weighted by atomic mass is 10.1. The first-order valence-electron chi connectivity index (χ1n) is 9.33. The van der Waals surface area contributed by atoms with E-state index in [2.05, 4.69) is 83.8 Å². The van der Waals surface area contributed by atoms with E-state index in [-0.39, 0.29) is 6.23 Å². The summed E-state index contributed by atoms with van der Waals surface area (Å²) in [7, 11) is 1.80. The van der Waals surface area contributed by atoms with E-state index in [1.807, 2.05) is 12.1 Å². The number of ether oxygens (including phenoxy) is 1. The molecule has 0 radical (unpaired) electrons. The van der Waals surface area contributed by atoms with Crippen molar-refractivity contribution in [2.75, 3.05) is 18.6 Å². The molecule has 0 N–H and O–H groups in total. The quantitative estimate of drug-likeness (QED) is 0.577. The van der Waals surface area contributed by atoms with Crippen molar-refractivity contribution in [3.8, 4) is 11.1 Å². The van der Waals surface area contributed by atoms with Gasteiger partial charge in [-0.1, -0.05) is 78.9 Å². The van der Waals surface area contributed by atoms with Gasteiger partial charge in [-0.15, -0.1) is 0 Å². The average molecular weight is 345 g/mol. The molecule has 0 spiro atoms. The predicted molar refractivity (Wildman–Crippen MR) is 110 cm³/mol. The second-order valence-electron chi connectivity index (χ2n) is 6.45. The topological polar surface area (TPSA) is 12.5 Å². The molecule has 1 saturated heterocycles. The van der Waals surface area contributed by atoms with Gasteiger partial charge in [0.25, 0.3) is 0 Å². The summed E-state index contributed by atoms with van der Waals surface area (Å²) in [5, 5.41) is 0. The maximum atomic E-state index is 5.48. The zero-order valence-electron chi connectivity index (χ0n) is 15.4. The molecule has 0 saturated carbocycles. The summed E-state index contributed by atoms with van der Waals surface area (Å²) in [6.07, 6.45) is 3.97. The number of nitrogens with zero attached hydrogens (tertiary/aromatic N) is 1. The molecule has 26 heavy (non-hydrogen) atoms. The van der Waals surface area contributed by atoms with Gasteiger partial charge in [-0.25, -0.2) is 0 Å². The van der Waals surface area contributed by atoms with Crippen LogP contribution in [-0.2, 0) is 4.74 Å². The number of para-hydroxylation sites is 1. The molecule has 1 unspecified atom stereocenters. The first kappa shape index (κ1) is 18.2. The van der Waals surface area contributed by atoms with Crippen LogP contribution >= 0.6 is 0 Å². The minimum atomic E-state index is 0.270. The normalized spacial score (nSPS) is 16.5. The van der Waals surface area contributed by atoms with Crippen molar-refractivity contribution in [1.29, 1.82) is 0 Å². The molecule has 3 aromatic rings. The molecule has 3 aromatic carbocycles. The van der Waals surface area contributed by atoms with Gasteiger partial charge in [-0.3, -0.25) is 0 Å². The standard InChI is InChI=1S/C12H17NO.C12H10/c1-14-12-9-5-6-10-13(12)11-7-3-2-4-8-11;1-3-7-11(8-4-1)12-9-5-2-6-10-12/h2-4,7-8,12H,5-6,9-10H2,1H3;1-10H. The van der Waals surface area contributed by atoms with Crippen LogP contribution in [0.1, 0.15) is 19.3 Å². The molecule has 1 aliphatic heterocycles. The molecule has 1 fully saturated rings. The minimum absolute atomic E-state index is 0.270. The van der Waals surface area contributed by atoms with Gasteiger partial charge in [0, 0.05) is 19.3 Å². The number of benzene rings is 3. The first-order chi connectivity index (χ1) is 12.9. The highest BCUT2D eigenvalue weighted by molar-refractivity contribution is 5.62. The third kappa shape index (κ3) is 4.96. The minimum Gasteiger partial charge on any atom is -0.362 e. The summed E-state index contributed by atoms with van der Waals surface area (Å²) in [6, 6.07) is 31.3. The Morgan fingerprint density at radius 1 is 0.692 bits per heavy atom. The Hall–Kier alpha value is -2.58. The molecule has 2 nitrogen and oxygen atoms in total.